The fraction of sp³-hybridized carbons (Fsp3) is 0.458. The number of aromatic amines is 1. The van der Waals surface area contributed by atoms with Crippen LogP contribution in [0.2, 0.25) is 0 Å². The summed E-state index contributed by atoms with van der Waals surface area (Å²) in [6, 6.07) is 18.2. The van der Waals surface area contributed by atoms with Crippen molar-refractivity contribution in [3.63, 3.8) is 0 Å². The summed E-state index contributed by atoms with van der Waals surface area (Å²) < 4.78 is 5.84. The molecule has 17 heteroatoms. The van der Waals surface area contributed by atoms with E-state index in [1.54, 1.807) is 33.9 Å². The van der Waals surface area contributed by atoms with Crippen LogP contribution >= 0.6 is 0 Å². The molecule has 9 N–H and O–H groups in total. The van der Waals surface area contributed by atoms with Crippen molar-refractivity contribution in [3.8, 4) is 0 Å². The molecule has 1 aromatic heterocycles. The fourth-order valence-corrected chi connectivity index (χ4v) is 7.39. The molecule has 4 rings (SSSR count). The molecule has 1 unspecified atom stereocenters. The number of amides is 6. The topological polar surface area (TPSA) is 240 Å². The van der Waals surface area contributed by atoms with Crippen LogP contribution in [-0.2, 0) is 53.0 Å². The number of fused-ring (bicyclic) bond motifs is 1. The average molecular weight is 896 g/mol. The van der Waals surface area contributed by atoms with Crippen LogP contribution in [0.3, 0.4) is 0 Å². The molecule has 0 saturated heterocycles. The monoisotopic (exact) mass is 896 g/mol. The van der Waals surface area contributed by atoms with E-state index >= 15 is 0 Å². The van der Waals surface area contributed by atoms with Gasteiger partial charge in [0, 0.05) is 36.9 Å². The lowest BCUT2D eigenvalue weighted by molar-refractivity contribution is -0.136. The Kier molecular flexibility index (Phi) is 19.3. The predicted molar refractivity (Wildman–Crippen MR) is 250 cm³/mol. The third kappa shape index (κ3) is 15.9. The van der Waals surface area contributed by atoms with Gasteiger partial charge < -0.3 is 51.7 Å². The Morgan fingerprint density at radius 1 is 0.677 bits per heavy atom. The minimum absolute atomic E-state index is 0.00349. The fourth-order valence-electron chi connectivity index (χ4n) is 7.39. The van der Waals surface area contributed by atoms with Gasteiger partial charge in [0.2, 0.25) is 35.4 Å². The maximum absolute atomic E-state index is 14.7. The number of rotatable bonds is 23. The number of ether oxygens (including phenoxy) is 1. The summed E-state index contributed by atoms with van der Waals surface area (Å²) in [6.45, 7) is 13.8. The van der Waals surface area contributed by atoms with Crippen molar-refractivity contribution in [1.82, 2.24) is 36.9 Å². The molecule has 350 valence electrons. The molecule has 0 aliphatic heterocycles. The number of hydrogen-bond donors (Lipinski definition) is 9. The van der Waals surface area contributed by atoms with Gasteiger partial charge in [0.1, 0.15) is 30.2 Å². The quantitative estimate of drug-likeness (QED) is 0.0497. The van der Waals surface area contributed by atoms with E-state index in [1.165, 1.54) is 6.92 Å². The molecule has 16 nitrogen and oxygen atoms in total. The van der Waals surface area contributed by atoms with Crippen molar-refractivity contribution in [2.75, 3.05) is 6.61 Å². The second-order valence-electron chi connectivity index (χ2n) is 18.0. The Morgan fingerprint density at radius 2 is 1.23 bits per heavy atom. The normalized spacial score (nSPS) is 14.3. The number of carbonyl (C=O) groups is 6. The highest BCUT2D eigenvalue weighted by Crippen LogP contribution is 2.22. The van der Waals surface area contributed by atoms with Crippen LogP contribution in [-0.4, -0.2) is 100 Å². The first-order valence-corrected chi connectivity index (χ1v) is 22.1. The van der Waals surface area contributed by atoms with Gasteiger partial charge in [-0.15, -0.1) is 0 Å². The zero-order chi connectivity index (χ0) is 47.8. The summed E-state index contributed by atoms with van der Waals surface area (Å²) in [5.41, 5.74) is 3.07. The number of H-pyrrole nitrogens is 1. The minimum Gasteiger partial charge on any atom is -0.426 e. The average Bonchev–Trinajstić information content (AvgIpc) is 3.66. The molecule has 6 amide bonds. The SMILES string of the molecule is CCC(NC(=O)[C@H](CC(C)C)NC(=O)[C@@H](NC(=O)[C@H](Cc1ccccc1C)NC(=O)[C@@H](Cc1c[nH]c2ccccc12)NC(=O)[C@H](COCc1ccccc1)NC(C)=O)C(C)(C)C)B(O)O. The summed E-state index contributed by atoms with van der Waals surface area (Å²) in [4.78, 5) is 86.5. The van der Waals surface area contributed by atoms with Crippen molar-refractivity contribution in [1.29, 1.82) is 0 Å². The van der Waals surface area contributed by atoms with Gasteiger partial charge >= 0.3 is 7.12 Å². The third-order valence-corrected chi connectivity index (χ3v) is 11.0. The molecule has 0 aliphatic rings. The molecule has 65 heavy (non-hydrogen) atoms. The molecule has 0 saturated carbocycles. The van der Waals surface area contributed by atoms with Crippen LogP contribution in [0.4, 0.5) is 0 Å². The Balaban J connectivity index is 1.66. The number of para-hydroxylation sites is 1. The zero-order valence-corrected chi connectivity index (χ0v) is 38.7. The lowest BCUT2D eigenvalue weighted by Crippen LogP contribution is -2.62. The lowest BCUT2D eigenvalue weighted by Gasteiger charge is -2.34. The van der Waals surface area contributed by atoms with Gasteiger partial charge in [-0.3, -0.25) is 28.8 Å². The zero-order valence-electron chi connectivity index (χ0n) is 38.7. The van der Waals surface area contributed by atoms with Gasteiger partial charge in [0.15, 0.2) is 0 Å². The van der Waals surface area contributed by atoms with Gasteiger partial charge in [-0.25, -0.2) is 0 Å². The van der Waals surface area contributed by atoms with E-state index in [0.717, 1.165) is 27.6 Å². The van der Waals surface area contributed by atoms with E-state index in [9.17, 15) is 38.8 Å². The van der Waals surface area contributed by atoms with Gasteiger partial charge in [-0.05, 0) is 59.4 Å². The number of hydrogen-bond acceptors (Lipinski definition) is 9. The summed E-state index contributed by atoms with van der Waals surface area (Å²) in [7, 11) is -1.81. The first-order chi connectivity index (χ1) is 30.8. The molecule has 0 fully saturated rings. The van der Waals surface area contributed by atoms with Gasteiger partial charge in [0.25, 0.3) is 0 Å². The minimum atomic E-state index is -1.81. The highest BCUT2D eigenvalue weighted by molar-refractivity contribution is 6.43. The number of benzene rings is 3. The maximum atomic E-state index is 14.7. The second-order valence-corrected chi connectivity index (χ2v) is 18.0. The Morgan fingerprint density at radius 3 is 1.83 bits per heavy atom. The lowest BCUT2D eigenvalue weighted by atomic mass is 9.77. The molecule has 6 atom stereocenters. The number of aromatic nitrogens is 1. The highest BCUT2D eigenvalue weighted by atomic mass is 16.5. The number of carbonyl (C=O) groups excluding carboxylic acids is 6. The van der Waals surface area contributed by atoms with E-state index in [1.807, 2.05) is 99.6 Å². The van der Waals surface area contributed by atoms with E-state index < -0.39 is 84.1 Å². The number of nitrogens with one attached hydrogen (secondary N) is 7. The smallest absolute Gasteiger partial charge is 0.426 e. The van der Waals surface area contributed by atoms with Gasteiger partial charge in [-0.1, -0.05) is 114 Å². The highest BCUT2D eigenvalue weighted by Gasteiger charge is 2.38. The van der Waals surface area contributed by atoms with Crippen molar-refractivity contribution in [2.24, 2.45) is 11.3 Å². The van der Waals surface area contributed by atoms with E-state index in [-0.39, 0.29) is 44.8 Å². The third-order valence-electron chi connectivity index (χ3n) is 11.0. The molecule has 0 spiro atoms. The van der Waals surface area contributed by atoms with Crippen molar-refractivity contribution in [3.05, 3.63) is 107 Å². The first kappa shape index (κ1) is 51.6. The van der Waals surface area contributed by atoms with Crippen LogP contribution in [0.15, 0.2) is 85.1 Å². The molecular weight excluding hydrogens is 829 g/mol. The summed E-state index contributed by atoms with van der Waals surface area (Å²) in [6.07, 6.45) is 2.20. The summed E-state index contributed by atoms with van der Waals surface area (Å²) in [5.74, 6) is -4.85. The van der Waals surface area contributed by atoms with Crippen LogP contribution in [0.5, 0.6) is 0 Å². The number of aryl methyl sites for hydroxylation is 1. The van der Waals surface area contributed by atoms with E-state index in [2.05, 4.69) is 36.9 Å². The second kappa shape index (κ2) is 24.3. The molecule has 0 bridgehead atoms. The molecule has 4 aromatic rings. The van der Waals surface area contributed by atoms with E-state index in [0.29, 0.717) is 5.56 Å². The Hall–Kier alpha value is -6.04. The van der Waals surface area contributed by atoms with Crippen LogP contribution < -0.4 is 31.9 Å². The summed E-state index contributed by atoms with van der Waals surface area (Å²) >= 11 is 0. The van der Waals surface area contributed by atoms with Gasteiger partial charge in [0.05, 0.1) is 19.2 Å². The molecule has 1 heterocycles. The summed E-state index contributed by atoms with van der Waals surface area (Å²) in [5, 5.41) is 37.0. The molecule has 0 radical (unpaired) electrons. The van der Waals surface area contributed by atoms with Crippen LogP contribution in [0.1, 0.15) is 83.6 Å². The first-order valence-electron chi connectivity index (χ1n) is 22.1. The molecule has 0 aliphatic carbocycles. The Labute approximate surface area is 382 Å². The van der Waals surface area contributed by atoms with Crippen LogP contribution in [0.25, 0.3) is 10.9 Å². The standard InChI is InChI=1S/C48H66BN7O9/c1-9-41(49(63)64)55-44(59)37(23-29(2)3)54-47(62)42(48(6,7)8)56-45(60)38(24-33-20-14-13-17-30(33)4)52-43(58)39(25-34-26-50-36-22-16-15-21-35(34)36)53-46(61)40(51-31(5)57)28-65-27-32-18-11-10-12-19-32/h10-22,26,29,37-42,50,63-64H,9,23-25,27-28H2,1-8H3,(H,51,57)(H,52,58)(H,53,61)(H,54,62)(H,55,59)(H,56,60)/t37-,38-,39+,40-,41?,42+/m0/s1. The van der Waals surface area contributed by atoms with Gasteiger partial charge in [-0.2, -0.15) is 0 Å². The predicted octanol–water partition coefficient (Wildman–Crippen LogP) is 2.92. The van der Waals surface area contributed by atoms with E-state index in [4.69, 9.17) is 4.74 Å². The van der Waals surface area contributed by atoms with Crippen molar-refractivity contribution >= 4 is 53.5 Å². The largest absolute Gasteiger partial charge is 0.475 e. The van der Waals surface area contributed by atoms with Crippen molar-refractivity contribution in [2.45, 2.75) is 124 Å². The maximum Gasteiger partial charge on any atom is 0.475 e. The van der Waals surface area contributed by atoms with Crippen molar-refractivity contribution < 1.29 is 43.6 Å². The molecular formula is C48H66BN7O9. The molecule has 3 aromatic carbocycles. The van der Waals surface area contributed by atoms with Crippen LogP contribution in [0, 0.1) is 18.3 Å². The Bertz CT molecular complexity index is 2230.